The SMILES string of the molecule is Cc1ccc(C(=O)N2CCCN(c3nccs3)CC2)s1. The lowest BCUT2D eigenvalue weighted by molar-refractivity contribution is 0.0772. The second-order valence-electron chi connectivity index (χ2n) is 4.86. The van der Waals surface area contributed by atoms with E-state index in [1.165, 1.54) is 4.88 Å². The van der Waals surface area contributed by atoms with Gasteiger partial charge in [-0.2, -0.15) is 0 Å². The van der Waals surface area contributed by atoms with Crippen LogP contribution in [0.15, 0.2) is 23.7 Å². The van der Waals surface area contributed by atoms with Gasteiger partial charge in [0.15, 0.2) is 5.13 Å². The normalized spacial score (nSPS) is 16.2. The molecule has 0 aliphatic carbocycles. The van der Waals surface area contributed by atoms with E-state index in [2.05, 4.69) is 9.88 Å². The Labute approximate surface area is 126 Å². The summed E-state index contributed by atoms with van der Waals surface area (Å²) in [5.41, 5.74) is 0. The maximum absolute atomic E-state index is 12.5. The number of anilines is 1. The Bertz CT molecular complexity index is 579. The Morgan fingerprint density at radius 1 is 1.25 bits per heavy atom. The molecule has 1 aliphatic rings. The van der Waals surface area contributed by atoms with Crippen LogP contribution in [0.1, 0.15) is 21.0 Å². The van der Waals surface area contributed by atoms with E-state index in [9.17, 15) is 4.79 Å². The summed E-state index contributed by atoms with van der Waals surface area (Å²) >= 11 is 3.24. The van der Waals surface area contributed by atoms with Crippen molar-refractivity contribution in [3.05, 3.63) is 33.5 Å². The number of thiophene rings is 1. The van der Waals surface area contributed by atoms with Gasteiger partial charge in [-0.1, -0.05) is 0 Å². The Balaban J connectivity index is 1.66. The molecule has 6 heteroatoms. The van der Waals surface area contributed by atoms with Crippen molar-refractivity contribution in [3.63, 3.8) is 0 Å². The zero-order valence-electron chi connectivity index (χ0n) is 11.4. The van der Waals surface area contributed by atoms with Crippen molar-refractivity contribution in [1.29, 1.82) is 0 Å². The third kappa shape index (κ3) is 2.86. The van der Waals surface area contributed by atoms with E-state index in [0.717, 1.165) is 42.6 Å². The summed E-state index contributed by atoms with van der Waals surface area (Å²) in [5.74, 6) is 0.170. The molecule has 0 radical (unpaired) electrons. The molecule has 0 N–H and O–H groups in total. The highest BCUT2D eigenvalue weighted by Crippen LogP contribution is 2.21. The summed E-state index contributed by atoms with van der Waals surface area (Å²) in [6, 6.07) is 3.95. The van der Waals surface area contributed by atoms with Crippen molar-refractivity contribution >= 4 is 33.7 Å². The average Bonchev–Trinajstić information content (AvgIpc) is 3.05. The van der Waals surface area contributed by atoms with Gasteiger partial charge in [-0.3, -0.25) is 4.79 Å². The van der Waals surface area contributed by atoms with E-state index >= 15 is 0 Å². The van der Waals surface area contributed by atoms with Gasteiger partial charge < -0.3 is 9.80 Å². The number of aryl methyl sites for hydroxylation is 1. The minimum atomic E-state index is 0.170. The number of hydrogen-bond acceptors (Lipinski definition) is 5. The van der Waals surface area contributed by atoms with E-state index in [1.54, 1.807) is 22.7 Å². The first-order valence-electron chi connectivity index (χ1n) is 6.74. The lowest BCUT2D eigenvalue weighted by atomic mass is 10.3. The van der Waals surface area contributed by atoms with Crippen molar-refractivity contribution in [3.8, 4) is 0 Å². The van der Waals surface area contributed by atoms with Gasteiger partial charge >= 0.3 is 0 Å². The molecule has 0 aromatic carbocycles. The predicted molar refractivity (Wildman–Crippen MR) is 83.9 cm³/mol. The van der Waals surface area contributed by atoms with Crippen molar-refractivity contribution < 1.29 is 4.79 Å². The largest absolute Gasteiger partial charge is 0.346 e. The maximum Gasteiger partial charge on any atom is 0.263 e. The molecule has 20 heavy (non-hydrogen) atoms. The van der Waals surface area contributed by atoms with Gasteiger partial charge in [-0.25, -0.2) is 4.98 Å². The van der Waals surface area contributed by atoms with E-state index < -0.39 is 0 Å². The van der Waals surface area contributed by atoms with Crippen LogP contribution in [0.4, 0.5) is 5.13 Å². The summed E-state index contributed by atoms with van der Waals surface area (Å²) in [7, 11) is 0. The molecular formula is C14H17N3OS2. The fraction of sp³-hybridized carbons (Fsp3) is 0.429. The molecule has 0 saturated carbocycles. The fourth-order valence-corrected chi connectivity index (χ4v) is 3.92. The third-order valence-corrected chi connectivity index (χ3v) is 5.24. The lowest BCUT2D eigenvalue weighted by Crippen LogP contribution is -2.34. The van der Waals surface area contributed by atoms with Gasteiger partial charge in [-0.05, 0) is 25.5 Å². The molecule has 0 bridgehead atoms. The number of carbonyl (C=O) groups is 1. The number of hydrogen-bond donors (Lipinski definition) is 0. The van der Waals surface area contributed by atoms with E-state index in [1.807, 2.05) is 35.5 Å². The molecule has 0 atom stereocenters. The van der Waals surface area contributed by atoms with E-state index in [-0.39, 0.29) is 5.91 Å². The van der Waals surface area contributed by atoms with Gasteiger partial charge in [0.2, 0.25) is 0 Å². The van der Waals surface area contributed by atoms with Crippen LogP contribution in [-0.4, -0.2) is 42.0 Å². The second kappa shape index (κ2) is 5.93. The molecule has 1 amide bonds. The Morgan fingerprint density at radius 2 is 2.15 bits per heavy atom. The van der Waals surface area contributed by atoms with Crippen molar-refractivity contribution in [1.82, 2.24) is 9.88 Å². The molecule has 3 rings (SSSR count). The van der Waals surface area contributed by atoms with Gasteiger partial charge in [0.25, 0.3) is 5.91 Å². The summed E-state index contributed by atoms with van der Waals surface area (Å²) in [5, 5.41) is 3.06. The first kappa shape index (κ1) is 13.6. The lowest BCUT2D eigenvalue weighted by Gasteiger charge is -2.21. The summed E-state index contributed by atoms with van der Waals surface area (Å²) in [6.45, 7) is 5.48. The topological polar surface area (TPSA) is 36.4 Å². The number of thiazole rings is 1. The molecule has 4 nitrogen and oxygen atoms in total. The van der Waals surface area contributed by atoms with Crippen LogP contribution in [0.2, 0.25) is 0 Å². The highest BCUT2D eigenvalue weighted by Gasteiger charge is 2.22. The number of rotatable bonds is 2. The molecular weight excluding hydrogens is 290 g/mol. The molecule has 0 unspecified atom stereocenters. The van der Waals surface area contributed by atoms with Crippen LogP contribution in [0, 0.1) is 6.92 Å². The molecule has 1 fully saturated rings. The molecule has 3 heterocycles. The molecule has 2 aromatic heterocycles. The highest BCUT2D eigenvalue weighted by molar-refractivity contribution is 7.14. The quantitative estimate of drug-likeness (QED) is 0.856. The summed E-state index contributed by atoms with van der Waals surface area (Å²) < 4.78 is 0. The van der Waals surface area contributed by atoms with Crippen LogP contribution >= 0.6 is 22.7 Å². The van der Waals surface area contributed by atoms with Crippen LogP contribution in [0.25, 0.3) is 0 Å². The zero-order chi connectivity index (χ0) is 13.9. The Hall–Kier alpha value is -1.40. The number of aromatic nitrogens is 1. The smallest absolute Gasteiger partial charge is 0.263 e. The second-order valence-corrected chi connectivity index (χ2v) is 7.02. The number of carbonyl (C=O) groups excluding carboxylic acids is 1. The number of nitrogens with zero attached hydrogens (tertiary/aromatic N) is 3. The van der Waals surface area contributed by atoms with Gasteiger partial charge in [0.05, 0.1) is 4.88 Å². The van der Waals surface area contributed by atoms with E-state index in [0.29, 0.717) is 0 Å². The standard InChI is InChI=1S/C14H17N3OS2/c1-11-3-4-12(20-11)13(18)16-6-2-7-17(9-8-16)14-15-5-10-19-14/h3-5,10H,2,6-9H2,1H3. The van der Waals surface area contributed by atoms with Gasteiger partial charge in [0, 0.05) is 42.6 Å². The maximum atomic E-state index is 12.5. The Kier molecular flexibility index (Phi) is 4.03. The monoisotopic (exact) mass is 307 g/mol. The molecule has 2 aromatic rings. The molecule has 106 valence electrons. The third-order valence-electron chi connectivity index (χ3n) is 3.42. The molecule has 0 spiro atoms. The molecule has 1 aliphatic heterocycles. The first-order chi connectivity index (χ1) is 9.74. The zero-order valence-corrected chi connectivity index (χ0v) is 13.0. The van der Waals surface area contributed by atoms with Crippen LogP contribution in [0.5, 0.6) is 0 Å². The summed E-state index contributed by atoms with van der Waals surface area (Å²) in [6.07, 6.45) is 2.83. The van der Waals surface area contributed by atoms with Crippen LogP contribution in [0.3, 0.4) is 0 Å². The van der Waals surface area contributed by atoms with Crippen molar-refractivity contribution in [2.45, 2.75) is 13.3 Å². The van der Waals surface area contributed by atoms with Gasteiger partial charge in [-0.15, -0.1) is 22.7 Å². The fourth-order valence-electron chi connectivity index (χ4n) is 2.39. The highest BCUT2D eigenvalue weighted by atomic mass is 32.1. The van der Waals surface area contributed by atoms with E-state index in [4.69, 9.17) is 0 Å². The predicted octanol–water partition coefficient (Wildman–Crippen LogP) is 2.87. The summed E-state index contributed by atoms with van der Waals surface area (Å²) in [4.78, 5) is 23.1. The van der Waals surface area contributed by atoms with Crippen LogP contribution < -0.4 is 4.90 Å². The van der Waals surface area contributed by atoms with Crippen LogP contribution in [-0.2, 0) is 0 Å². The average molecular weight is 307 g/mol. The first-order valence-corrected chi connectivity index (χ1v) is 8.44. The van der Waals surface area contributed by atoms with Crippen molar-refractivity contribution in [2.24, 2.45) is 0 Å². The van der Waals surface area contributed by atoms with Crippen molar-refractivity contribution in [2.75, 3.05) is 31.1 Å². The van der Waals surface area contributed by atoms with Gasteiger partial charge in [0.1, 0.15) is 0 Å². The number of amides is 1. The minimum Gasteiger partial charge on any atom is -0.346 e. The Morgan fingerprint density at radius 3 is 2.85 bits per heavy atom. The molecule has 1 saturated heterocycles. The minimum absolute atomic E-state index is 0.170.